The number of hydrogen-bond acceptors (Lipinski definition) is 5. The van der Waals surface area contributed by atoms with E-state index in [-0.39, 0.29) is 18.0 Å². The van der Waals surface area contributed by atoms with Crippen LogP contribution in [0.25, 0.3) is 0 Å². The minimum atomic E-state index is -3.62. The van der Waals surface area contributed by atoms with E-state index in [4.69, 9.17) is 4.42 Å². The molecule has 0 aliphatic rings. The molecule has 0 amide bonds. The Morgan fingerprint density at radius 3 is 2.79 bits per heavy atom. The van der Waals surface area contributed by atoms with E-state index in [0.717, 1.165) is 0 Å². The molecule has 2 heterocycles. The number of hydrogen-bond donors (Lipinski definition) is 1. The molecule has 19 heavy (non-hydrogen) atoms. The van der Waals surface area contributed by atoms with Gasteiger partial charge in [-0.05, 0) is 30.0 Å². The molecule has 0 aliphatic heterocycles. The van der Waals surface area contributed by atoms with Gasteiger partial charge >= 0.3 is 0 Å². The van der Waals surface area contributed by atoms with E-state index in [1.165, 1.54) is 29.0 Å². The lowest BCUT2D eigenvalue weighted by molar-refractivity contribution is 0.282. The Morgan fingerprint density at radius 2 is 2.21 bits per heavy atom. The van der Waals surface area contributed by atoms with Crippen molar-refractivity contribution in [2.75, 3.05) is 7.05 Å². The van der Waals surface area contributed by atoms with Gasteiger partial charge in [-0.1, -0.05) is 0 Å². The minimum absolute atomic E-state index is 0.162. The van der Waals surface area contributed by atoms with Crippen LogP contribution in [0.4, 0.5) is 0 Å². The van der Waals surface area contributed by atoms with Gasteiger partial charge in [0.05, 0.1) is 24.3 Å². The van der Waals surface area contributed by atoms with Crippen LogP contribution in [0.15, 0.2) is 33.1 Å². The van der Waals surface area contributed by atoms with Crippen LogP contribution in [0.1, 0.15) is 16.2 Å². The molecule has 2 aromatic heterocycles. The van der Waals surface area contributed by atoms with Gasteiger partial charge in [-0.3, -0.25) is 0 Å². The molecule has 0 spiro atoms. The summed E-state index contributed by atoms with van der Waals surface area (Å²) in [5, 5.41) is 11.0. The zero-order valence-electron chi connectivity index (χ0n) is 10.7. The Kier molecular flexibility index (Phi) is 4.10. The van der Waals surface area contributed by atoms with Gasteiger partial charge in [0.1, 0.15) is 10.7 Å². The van der Waals surface area contributed by atoms with Gasteiger partial charge in [-0.15, -0.1) is 11.3 Å². The Labute approximate surface area is 116 Å². The van der Waals surface area contributed by atoms with Crippen LogP contribution in [0.2, 0.25) is 0 Å². The quantitative estimate of drug-likeness (QED) is 0.916. The SMILES string of the molecule is Cc1csc(CO)c1S(=O)(=O)N(C)Cc1ccco1. The van der Waals surface area contributed by atoms with Crippen molar-refractivity contribution in [2.45, 2.75) is 25.0 Å². The van der Waals surface area contributed by atoms with Gasteiger partial charge < -0.3 is 9.52 Å². The minimum Gasteiger partial charge on any atom is -0.468 e. The van der Waals surface area contributed by atoms with E-state index in [1.54, 1.807) is 24.4 Å². The molecular formula is C12H15NO4S2. The van der Waals surface area contributed by atoms with E-state index < -0.39 is 10.0 Å². The van der Waals surface area contributed by atoms with Crippen molar-refractivity contribution in [3.8, 4) is 0 Å². The standard InChI is InChI=1S/C12H15NO4S2/c1-9-8-18-11(7-14)12(9)19(15,16)13(2)6-10-4-3-5-17-10/h3-5,8,14H,6-7H2,1-2H3. The molecule has 0 bridgehead atoms. The smallest absolute Gasteiger partial charge is 0.244 e. The fourth-order valence-corrected chi connectivity index (χ4v) is 4.55. The molecule has 2 aromatic rings. The molecule has 0 unspecified atom stereocenters. The molecule has 7 heteroatoms. The van der Waals surface area contributed by atoms with E-state index in [1.807, 2.05) is 0 Å². The maximum absolute atomic E-state index is 12.5. The van der Waals surface area contributed by atoms with Gasteiger partial charge in [-0.2, -0.15) is 4.31 Å². The molecule has 0 aliphatic carbocycles. The molecule has 0 saturated carbocycles. The van der Waals surface area contributed by atoms with E-state index in [0.29, 0.717) is 16.2 Å². The maximum atomic E-state index is 12.5. The first-order chi connectivity index (χ1) is 8.96. The summed E-state index contributed by atoms with van der Waals surface area (Å²) in [5.74, 6) is 0.574. The number of aryl methyl sites for hydroxylation is 1. The second kappa shape index (κ2) is 5.46. The van der Waals surface area contributed by atoms with E-state index in [9.17, 15) is 13.5 Å². The van der Waals surface area contributed by atoms with Crippen molar-refractivity contribution in [2.24, 2.45) is 0 Å². The van der Waals surface area contributed by atoms with Crippen molar-refractivity contribution in [3.63, 3.8) is 0 Å². The highest BCUT2D eigenvalue weighted by molar-refractivity contribution is 7.89. The summed E-state index contributed by atoms with van der Waals surface area (Å²) in [5.41, 5.74) is 0.653. The van der Waals surface area contributed by atoms with Crippen LogP contribution in [-0.2, 0) is 23.2 Å². The number of furan rings is 1. The highest BCUT2D eigenvalue weighted by Gasteiger charge is 2.27. The third-order valence-corrected chi connectivity index (χ3v) is 6.01. The topological polar surface area (TPSA) is 70.8 Å². The van der Waals surface area contributed by atoms with Crippen LogP contribution in [0.3, 0.4) is 0 Å². The van der Waals surface area contributed by atoms with Crippen molar-refractivity contribution in [3.05, 3.63) is 40.0 Å². The first-order valence-electron chi connectivity index (χ1n) is 5.63. The summed E-state index contributed by atoms with van der Waals surface area (Å²) < 4.78 is 31.4. The number of aliphatic hydroxyl groups is 1. The number of rotatable bonds is 5. The third-order valence-electron chi connectivity index (χ3n) is 2.76. The number of nitrogens with zero attached hydrogens (tertiary/aromatic N) is 1. The summed E-state index contributed by atoms with van der Waals surface area (Å²) in [6.07, 6.45) is 1.50. The molecule has 0 saturated heterocycles. The average molecular weight is 301 g/mol. The van der Waals surface area contributed by atoms with Crippen LogP contribution in [0.5, 0.6) is 0 Å². The molecule has 0 atom stereocenters. The first kappa shape index (κ1) is 14.3. The number of thiophene rings is 1. The van der Waals surface area contributed by atoms with Crippen LogP contribution in [-0.4, -0.2) is 24.9 Å². The lowest BCUT2D eigenvalue weighted by atomic mass is 10.3. The summed E-state index contributed by atoms with van der Waals surface area (Å²) in [6, 6.07) is 3.43. The number of sulfonamides is 1. The van der Waals surface area contributed by atoms with Crippen molar-refractivity contribution in [1.29, 1.82) is 0 Å². The fraction of sp³-hybridized carbons (Fsp3) is 0.333. The predicted molar refractivity (Wildman–Crippen MR) is 72.3 cm³/mol. The summed E-state index contributed by atoms with van der Waals surface area (Å²) in [7, 11) is -2.13. The lowest BCUT2D eigenvalue weighted by Crippen LogP contribution is -2.27. The monoisotopic (exact) mass is 301 g/mol. The second-order valence-corrected chi connectivity index (χ2v) is 7.12. The molecule has 1 N–H and O–H groups in total. The molecule has 0 fully saturated rings. The molecule has 104 valence electrons. The largest absolute Gasteiger partial charge is 0.468 e. The molecule has 0 aromatic carbocycles. The van der Waals surface area contributed by atoms with Gasteiger partial charge in [0, 0.05) is 7.05 Å². The fourth-order valence-electron chi connectivity index (χ4n) is 1.81. The molecule has 0 radical (unpaired) electrons. The second-order valence-electron chi connectivity index (χ2n) is 4.17. The number of aliphatic hydroxyl groups excluding tert-OH is 1. The highest BCUT2D eigenvalue weighted by atomic mass is 32.2. The molecule has 5 nitrogen and oxygen atoms in total. The Balaban J connectivity index is 2.33. The average Bonchev–Trinajstić information content (AvgIpc) is 2.98. The first-order valence-corrected chi connectivity index (χ1v) is 7.95. The maximum Gasteiger partial charge on any atom is 0.244 e. The van der Waals surface area contributed by atoms with Crippen molar-refractivity contribution in [1.82, 2.24) is 4.31 Å². The normalized spacial score (nSPS) is 12.2. The summed E-state index contributed by atoms with van der Waals surface area (Å²) >= 11 is 1.25. The van der Waals surface area contributed by atoms with Gasteiger partial charge in [0.2, 0.25) is 10.0 Å². The van der Waals surface area contributed by atoms with Crippen LogP contribution in [0, 0.1) is 6.92 Å². The zero-order chi connectivity index (χ0) is 14.0. The van der Waals surface area contributed by atoms with Crippen LogP contribution >= 0.6 is 11.3 Å². The van der Waals surface area contributed by atoms with Gasteiger partial charge in [0.15, 0.2) is 0 Å². The van der Waals surface area contributed by atoms with Gasteiger partial charge in [-0.25, -0.2) is 8.42 Å². The zero-order valence-corrected chi connectivity index (χ0v) is 12.3. The molecular weight excluding hydrogens is 286 g/mol. The van der Waals surface area contributed by atoms with Crippen LogP contribution < -0.4 is 0 Å². The lowest BCUT2D eigenvalue weighted by Gasteiger charge is -2.16. The predicted octanol–water partition coefficient (Wildman–Crippen LogP) is 1.96. The molecule has 2 rings (SSSR count). The third kappa shape index (κ3) is 2.74. The summed E-state index contributed by atoms with van der Waals surface area (Å²) in [4.78, 5) is 0.665. The van der Waals surface area contributed by atoms with Crippen molar-refractivity contribution < 1.29 is 17.9 Å². The summed E-state index contributed by atoms with van der Waals surface area (Å²) in [6.45, 7) is 1.61. The Hall–Kier alpha value is -1.15. The Morgan fingerprint density at radius 1 is 1.47 bits per heavy atom. The Bertz CT molecular complexity index is 643. The van der Waals surface area contributed by atoms with E-state index in [2.05, 4.69) is 0 Å². The highest BCUT2D eigenvalue weighted by Crippen LogP contribution is 2.29. The van der Waals surface area contributed by atoms with Crippen molar-refractivity contribution >= 4 is 21.4 Å². The van der Waals surface area contributed by atoms with E-state index >= 15 is 0 Å². The van der Waals surface area contributed by atoms with Gasteiger partial charge in [0.25, 0.3) is 0 Å².